The van der Waals surface area contributed by atoms with Gasteiger partial charge >= 0.3 is 0 Å². The Morgan fingerprint density at radius 1 is 0.442 bits per heavy atom. The summed E-state index contributed by atoms with van der Waals surface area (Å²) in [6, 6.07) is 34.4. The van der Waals surface area contributed by atoms with Crippen molar-refractivity contribution in [1.82, 2.24) is 0 Å². The fourth-order valence-electron chi connectivity index (χ4n) is 6.53. The highest BCUT2D eigenvalue weighted by Crippen LogP contribution is 2.55. The van der Waals surface area contributed by atoms with Crippen molar-refractivity contribution in [2.75, 3.05) is 40.8 Å². The highest BCUT2D eigenvalue weighted by Gasteiger charge is 2.40. The van der Waals surface area contributed by atoms with Crippen LogP contribution in [-0.4, -0.2) is 40.8 Å². The Hall–Kier alpha value is -3.06. The maximum absolute atomic E-state index is 5.99. The molecule has 0 spiro atoms. The first-order valence-corrected chi connectivity index (χ1v) is 18.3. The number of hydrogen-bond acceptors (Lipinski definition) is 4. The van der Waals surface area contributed by atoms with E-state index in [1.165, 1.54) is 59.7 Å². The Bertz CT molecular complexity index is 1270. The van der Waals surface area contributed by atoms with E-state index < -0.39 is 15.8 Å². The van der Waals surface area contributed by atoms with Crippen molar-refractivity contribution in [1.29, 1.82) is 0 Å². The van der Waals surface area contributed by atoms with E-state index in [1.807, 2.05) is 0 Å². The van der Waals surface area contributed by atoms with Crippen molar-refractivity contribution in [3.63, 3.8) is 0 Å². The van der Waals surface area contributed by atoms with Crippen molar-refractivity contribution in [2.24, 2.45) is 5.41 Å². The Labute approximate surface area is 260 Å². The van der Waals surface area contributed by atoms with Gasteiger partial charge in [0.1, 0.15) is 23.0 Å². The molecule has 0 bridgehead atoms. The van der Waals surface area contributed by atoms with Gasteiger partial charge in [-0.15, -0.1) is 0 Å². The average Bonchev–Trinajstić information content (AvgIpc) is 3.31. The lowest BCUT2D eigenvalue weighted by Crippen LogP contribution is -2.35. The van der Waals surface area contributed by atoms with Crippen molar-refractivity contribution in [3.05, 3.63) is 97.1 Å². The van der Waals surface area contributed by atoms with Gasteiger partial charge in [-0.3, -0.25) is 0 Å². The zero-order valence-electron chi connectivity index (χ0n) is 25.9. The number of benzene rings is 4. The van der Waals surface area contributed by atoms with E-state index in [0.717, 1.165) is 35.3 Å². The molecular weight excluding hydrogens is 570 g/mol. The molecule has 0 heterocycles. The highest BCUT2D eigenvalue weighted by atomic mass is 31.1. The van der Waals surface area contributed by atoms with E-state index in [1.54, 1.807) is 28.4 Å². The summed E-state index contributed by atoms with van der Waals surface area (Å²) in [5, 5.41) is 5.14. The summed E-state index contributed by atoms with van der Waals surface area (Å²) in [5.74, 6) is 3.83. The van der Waals surface area contributed by atoms with Gasteiger partial charge in [0.15, 0.2) is 0 Å². The summed E-state index contributed by atoms with van der Waals surface area (Å²) < 4.78 is 24.0. The number of para-hydroxylation sites is 4. The first kappa shape index (κ1) is 31.4. The summed E-state index contributed by atoms with van der Waals surface area (Å²) in [6.45, 7) is 0. The van der Waals surface area contributed by atoms with E-state index in [9.17, 15) is 0 Å². The van der Waals surface area contributed by atoms with Gasteiger partial charge in [-0.1, -0.05) is 98.5 Å². The molecule has 4 aromatic rings. The maximum atomic E-state index is 5.99. The fourth-order valence-corrected chi connectivity index (χ4v) is 12.9. The summed E-state index contributed by atoms with van der Waals surface area (Å²) in [6.07, 6.45) is 9.66. The Morgan fingerprint density at radius 3 is 1.00 bits per heavy atom. The van der Waals surface area contributed by atoms with Crippen LogP contribution in [0.15, 0.2) is 97.1 Å². The van der Waals surface area contributed by atoms with Crippen LogP contribution < -0.4 is 40.2 Å². The normalized spacial score (nSPS) is 14.7. The largest absolute Gasteiger partial charge is 0.496 e. The van der Waals surface area contributed by atoms with Crippen LogP contribution in [0.2, 0.25) is 0 Å². The lowest BCUT2D eigenvalue weighted by Gasteiger charge is -2.40. The van der Waals surface area contributed by atoms with E-state index in [2.05, 4.69) is 97.1 Å². The third kappa shape index (κ3) is 7.19. The molecule has 1 aliphatic rings. The standard InChI is InChI=1S/C37H44O4P2/c1-38-29-17-7-11-21-33(29)42(34-22-12-8-18-30(34)39-2)27-37(25-15-5-6-16-26-37)28-43(35-23-13-9-19-31(35)40-3)36-24-14-10-20-32(36)41-4/h7-14,17-24H,5-6,15-16,25-28H2,1-4H3. The van der Waals surface area contributed by atoms with Gasteiger partial charge in [0.05, 0.1) is 28.4 Å². The van der Waals surface area contributed by atoms with E-state index in [4.69, 9.17) is 18.9 Å². The van der Waals surface area contributed by atoms with Crippen LogP contribution in [0.5, 0.6) is 23.0 Å². The van der Waals surface area contributed by atoms with Gasteiger partial charge in [0.2, 0.25) is 0 Å². The van der Waals surface area contributed by atoms with Crippen molar-refractivity contribution < 1.29 is 18.9 Å². The SMILES string of the molecule is COc1ccccc1P(CC1(CP(c2ccccc2OC)c2ccccc2OC)CCCCCC1)c1ccccc1OC. The molecule has 1 aliphatic carbocycles. The van der Waals surface area contributed by atoms with E-state index in [-0.39, 0.29) is 5.41 Å². The molecule has 0 radical (unpaired) electrons. The Balaban J connectivity index is 1.68. The predicted molar refractivity (Wildman–Crippen MR) is 184 cm³/mol. The van der Waals surface area contributed by atoms with Gasteiger partial charge in [0, 0.05) is 21.2 Å². The molecule has 5 rings (SSSR count). The molecule has 0 aliphatic heterocycles. The molecule has 1 fully saturated rings. The molecule has 4 nitrogen and oxygen atoms in total. The van der Waals surface area contributed by atoms with E-state index >= 15 is 0 Å². The minimum atomic E-state index is -0.780. The van der Waals surface area contributed by atoms with Crippen LogP contribution in [-0.2, 0) is 0 Å². The summed E-state index contributed by atoms with van der Waals surface area (Å²) in [4.78, 5) is 0. The van der Waals surface area contributed by atoms with E-state index in [0.29, 0.717) is 0 Å². The number of methoxy groups -OCH3 is 4. The topological polar surface area (TPSA) is 36.9 Å². The molecule has 0 atom stereocenters. The third-order valence-electron chi connectivity index (χ3n) is 8.66. The van der Waals surface area contributed by atoms with Gasteiger partial charge in [-0.2, -0.15) is 0 Å². The van der Waals surface area contributed by atoms with Crippen LogP contribution in [0.4, 0.5) is 0 Å². The Morgan fingerprint density at radius 2 is 0.721 bits per heavy atom. The van der Waals surface area contributed by atoms with Crippen LogP contribution in [0.3, 0.4) is 0 Å². The van der Waals surface area contributed by atoms with Crippen LogP contribution in [0.25, 0.3) is 0 Å². The third-order valence-corrected chi connectivity index (χ3v) is 14.4. The molecule has 0 aromatic heterocycles. The quantitative estimate of drug-likeness (QED) is 0.122. The second-order valence-electron chi connectivity index (χ2n) is 11.3. The van der Waals surface area contributed by atoms with Gasteiger partial charge in [0.25, 0.3) is 0 Å². The zero-order chi connectivity index (χ0) is 30.1. The molecular formula is C37H44O4P2. The first-order chi connectivity index (χ1) is 21.1. The second-order valence-corrected chi connectivity index (χ2v) is 15.5. The molecule has 0 N–H and O–H groups in total. The van der Waals surface area contributed by atoms with Gasteiger partial charge in [-0.05, 0) is 70.7 Å². The van der Waals surface area contributed by atoms with Crippen molar-refractivity contribution in [2.45, 2.75) is 38.5 Å². The first-order valence-electron chi connectivity index (χ1n) is 15.2. The van der Waals surface area contributed by atoms with Crippen molar-refractivity contribution >= 4 is 37.1 Å². The molecule has 0 saturated heterocycles. The fraction of sp³-hybridized carbons (Fsp3) is 0.351. The number of rotatable bonds is 12. The monoisotopic (exact) mass is 614 g/mol. The second kappa shape index (κ2) is 15.1. The number of ether oxygens (including phenoxy) is 4. The molecule has 0 unspecified atom stereocenters. The summed E-state index contributed by atoms with van der Waals surface area (Å²) in [7, 11) is 5.60. The smallest absolute Gasteiger partial charge is 0.126 e. The highest BCUT2D eigenvalue weighted by molar-refractivity contribution is 7.74. The van der Waals surface area contributed by atoms with Gasteiger partial charge < -0.3 is 18.9 Å². The average molecular weight is 615 g/mol. The molecule has 4 aromatic carbocycles. The molecule has 0 amide bonds. The molecule has 6 heteroatoms. The number of hydrogen-bond donors (Lipinski definition) is 0. The maximum Gasteiger partial charge on any atom is 0.126 e. The van der Waals surface area contributed by atoms with Gasteiger partial charge in [-0.25, -0.2) is 0 Å². The van der Waals surface area contributed by atoms with Crippen LogP contribution >= 0.6 is 15.8 Å². The van der Waals surface area contributed by atoms with Crippen LogP contribution in [0, 0.1) is 5.41 Å². The summed E-state index contributed by atoms with van der Waals surface area (Å²) >= 11 is 0. The van der Waals surface area contributed by atoms with Crippen molar-refractivity contribution in [3.8, 4) is 23.0 Å². The molecule has 1 saturated carbocycles. The minimum Gasteiger partial charge on any atom is -0.496 e. The zero-order valence-corrected chi connectivity index (χ0v) is 27.7. The van der Waals surface area contributed by atoms with Crippen LogP contribution in [0.1, 0.15) is 38.5 Å². The lowest BCUT2D eigenvalue weighted by molar-refractivity contribution is 0.328. The Kier molecular flexibility index (Phi) is 11.0. The minimum absolute atomic E-state index is 0.122. The predicted octanol–water partition coefficient (Wildman–Crippen LogP) is 7.63. The molecule has 43 heavy (non-hydrogen) atoms. The lowest BCUT2D eigenvalue weighted by atomic mass is 9.84. The summed E-state index contributed by atoms with van der Waals surface area (Å²) in [5.41, 5.74) is 0.122. The molecule has 226 valence electrons.